The minimum atomic E-state index is -2.05. The lowest BCUT2D eigenvalue weighted by atomic mass is 9.59. The predicted molar refractivity (Wildman–Crippen MR) is 164 cm³/mol. The Morgan fingerprint density at radius 1 is 1.10 bits per heavy atom. The molecule has 0 aliphatic carbocycles. The van der Waals surface area contributed by atoms with Crippen LogP contribution >= 0.6 is 0 Å². The highest BCUT2D eigenvalue weighted by atomic mass is 28.4. The summed E-state index contributed by atoms with van der Waals surface area (Å²) in [5, 5.41) is 13.1. The van der Waals surface area contributed by atoms with Crippen molar-refractivity contribution in [3.8, 4) is 0 Å². The lowest BCUT2D eigenvalue weighted by molar-refractivity contribution is -0.199. The molecular weight excluding hydrogens is 516 g/mol. The number of fused-ring (bicyclic) bond motifs is 4. The summed E-state index contributed by atoms with van der Waals surface area (Å²) in [4.78, 5) is 16.2. The van der Waals surface area contributed by atoms with Crippen LogP contribution in [0, 0.1) is 11.8 Å². The van der Waals surface area contributed by atoms with Gasteiger partial charge in [0, 0.05) is 30.5 Å². The molecule has 0 amide bonds. The average molecular weight is 569 g/mol. The van der Waals surface area contributed by atoms with E-state index in [0.717, 1.165) is 35.9 Å². The largest absolute Gasteiger partial charge is 0.443 e. The zero-order valence-corrected chi connectivity index (χ0v) is 27.5. The van der Waals surface area contributed by atoms with Crippen molar-refractivity contribution in [1.82, 2.24) is 9.47 Å². The van der Waals surface area contributed by atoms with Gasteiger partial charge in [-0.25, -0.2) is 9.36 Å². The molecule has 6 rings (SSSR count). The molecule has 4 aliphatic rings. The van der Waals surface area contributed by atoms with E-state index in [1.165, 1.54) is 5.56 Å². The van der Waals surface area contributed by atoms with Crippen LogP contribution in [0.25, 0.3) is 10.9 Å². The lowest BCUT2D eigenvalue weighted by Gasteiger charge is -2.63. The molecule has 5 heterocycles. The van der Waals surface area contributed by atoms with Crippen LogP contribution in [-0.2, 0) is 15.6 Å². The van der Waals surface area contributed by atoms with Crippen molar-refractivity contribution in [2.24, 2.45) is 11.8 Å². The summed E-state index contributed by atoms with van der Waals surface area (Å²) >= 11 is 0. The molecule has 0 spiro atoms. The van der Waals surface area contributed by atoms with Crippen molar-refractivity contribution in [2.75, 3.05) is 13.2 Å². The number of rotatable bonds is 7. The molecule has 3 fully saturated rings. The summed E-state index contributed by atoms with van der Waals surface area (Å²) in [6, 6.07) is 8.66. The fourth-order valence-electron chi connectivity index (χ4n) is 9.06. The van der Waals surface area contributed by atoms with Crippen LogP contribution in [0.3, 0.4) is 0 Å². The molecule has 0 radical (unpaired) electrons. The van der Waals surface area contributed by atoms with Gasteiger partial charge in [0.25, 0.3) is 0 Å². The van der Waals surface area contributed by atoms with Crippen LogP contribution in [0.1, 0.15) is 99.4 Å². The monoisotopic (exact) mass is 568 g/mol. The van der Waals surface area contributed by atoms with Gasteiger partial charge < -0.3 is 14.3 Å². The lowest BCUT2D eigenvalue weighted by Crippen LogP contribution is -2.70. The Balaban J connectivity index is 1.59. The topological polar surface area (TPSA) is 63.9 Å². The smallest absolute Gasteiger partial charge is 0.419 e. The van der Waals surface area contributed by atoms with Gasteiger partial charge in [-0.1, -0.05) is 66.7 Å². The van der Waals surface area contributed by atoms with Crippen molar-refractivity contribution in [2.45, 2.75) is 128 Å². The van der Waals surface area contributed by atoms with E-state index in [-0.39, 0.29) is 24.0 Å². The van der Waals surface area contributed by atoms with E-state index >= 15 is 0 Å². The minimum absolute atomic E-state index is 0.0871. The van der Waals surface area contributed by atoms with Crippen molar-refractivity contribution >= 4 is 25.3 Å². The summed E-state index contributed by atoms with van der Waals surface area (Å²) in [6.07, 6.45) is 2.12. The number of ether oxygens (including phenoxy) is 1. The van der Waals surface area contributed by atoms with Crippen LogP contribution in [0.2, 0.25) is 16.6 Å². The van der Waals surface area contributed by atoms with Gasteiger partial charge in [-0.05, 0) is 74.2 Å². The Labute approximate surface area is 242 Å². The Morgan fingerprint density at radius 3 is 2.30 bits per heavy atom. The van der Waals surface area contributed by atoms with E-state index in [1.54, 1.807) is 0 Å². The zero-order valence-electron chi connectivity index (χ0n) is 26.5. The molecule has 4 bridgehead atoms. The number of aromatic nitrogens is 1. The molecule has 1 unspecified atom stereocenters. The van der Waals surface area contributed by atoms with Gasteiger partial charge in [-0.3, -0.25) is 4.90 Å². The Bertz CT molecular complexity index is 1240. The maximum absolute atomic E-state index is 13.7. The number of carbonyl (C=O) groups is 1. The quantitative estimate of drug-likeness (QED) is 0.347. The second-order valence-electron chi connectivity index (χ2n) is 14.7. The van der Waals surface area contributed by atoms with E-state index in [1.807, 2.05) is 37.5 Å². The van der Waals surface area contributed by atoms with Gasteiger partial charge in [0.2, 0.25) is 0 Å². The van der Waals surface area contributed by atoms with Gasteiger partial charge in [0.05, 0.1) is 22.9 Å². The van der Waals surface area contributed by atoms with Crippen molar-refractivity contribution < 1.29 is 19.1 Å². The number of nitrogens with zero attached hydrogens (tertiary/aromatic N) is 2. The van der Waals surface area contributed by atoms with Crippen LogP contribution < -0.4 is 0 Å². The number of hydrogen-bond donors (Lipinski definition) is 1. The Kier molecular flexibility index (Phi) is 7.64. The Morgan fingerprint density at radius 2 is 1.73 bits per heavy atom. The normalized spacial score (nSPS) is 30.0. The second-order valence-corrected chi connectivity index (χ2v) is 20.2. The highest BCUT2D eigenvalue weighted by Gasteiger charge is 2.61. The number of piperidine rings is 3. The van der Waals surface area contributed by atoms with Crippen molar-refractivity contribution in [3.05, 3.63) is 35.5 Å². The number of aliphatic hydroxyl groups is 1. The minimum Gasteiger partial charge on any atom is -0.443 e. The van der Waals surface area contributed by atoms with E-state index in [0.29, 0.717) is 35.8 Å². The molecule has 6 atom stereocenters. The molecule has 1 aromatic carbocycles. The van der Waals surface area contributed by atoms with E-state index in [9.17, 15) is 9.90 Å². The first-order chi connectivity index (χ1) is 18.7. The van der Waals surface area contributed by atoms with Gasteiger partial charge in [0.1, 0.15) is 5.60 Å². The molecule has 2 aromatic rings. The highest BCUT2D eigenvalue weighted by molar-refractivity contribution is 6.77. The second kappa shape index (κ2) is 10.2. The summed E-state index contributed by atoms with van der Waals surface area (Å²) in [5.74, 6) is 0.392. The molecule has 0 saturated carbocycles. The summed E-state index contributed by atoms with van der Waals surface area (Å²) in [7, 11) is -2.05. The summed E-state index contributed by atoms with van der Waals surface area (Å²) in [5.41, 5.74) is 3.53. The van der Waals surface area contributed by atoms with Crippen LogP contribution in [0.5, 0.6) is 0 Å². The molecule has 1 N–H and O–H groups in total. The molecule has 222 valence electrons. The standard InChI is InChI=1S/C33H52N2O4Si/c1-11-33(37)19-34-28-16-24-23-14-12-13-15-27(23)35(31(36)39-32(8,9)10)30(24)29(34)17-26(33)25(28)18-38-40(20(2)3,21(4)5)22(6)7/h12-15,20-22,25-26,28-29,37H,11,16-19H2,1-10H3/t25-,26-,28+,29+,33+/m1/s1. The van der Waals surface area contributed by atoms with E-state index in [2.05, 4.69) is 65.5 Å². The molecule has 1 aromatic heterocycles. The molecular formula is C33H52N2O4Si. The van der Waals surface area contributed by atoms with Gasteiger partial charge in [-0.15, -0.1) is 0 Å². The van der Waals surface area contributed by atoms with Gasteiger partial charge >= 0.3 is 6.09 Å². The van der Waals surface area contributed by atoms with Crippen molar-refractivity contribution in [1.29, 1.82) is 0 Å². The van der Waals surface area contributed by atoms with Gasteiger partial charge in [-0.2, -0.15) is 0 Å². The fourth-order valence-corrected chi connectivity index (χ4v) is 14.5. The average Bonchev–Trinajstić information content (AvgIpc) is 3.18. The number of carbonyl (C=O) groups excluding carboxylic acids is 1. The first-order valence-electron chi connectivity index (χ1n) is 15.6. The SMILES string of the molecule is CC[C@]1(O)CN2[C@H]3C[C@@H]1[C@@H](CO[Si](C(C)C)(C(C)C)C(C)C)[C@@H]2Cc1c3n(C(=O)OC(C)(C)C)c2ccccc12. The maximum atomic E-state index is 13.7. The zero-order chi connectivity index (χ0) is 29.4. The first kappa shape index (κ1) is 29.8. The number of benzene rings is 1. The van der Waals surface area contributed by atoms with Gasteiger partial charge in [0.15, 0.2) is 8.32 Å². The third-order valence-corrected chi connectivity index (χ3v) is 16.7. The van der Waals surface area contributed by atoms with E-state index in [4.69, 9.17) is 9.16 Å². The van der Waals surface area contributed by atoms with Crippen molar-refractivity contribution in [3.63, 3.8) is 0 Å². The molecule has 6 nitrogen and oxygen atoms in total. The van der Waals surface area contributed by atoms with Crippen LogP contribution in [-0.4, -0.2) is 59.4 Å². The third kappa shape index (κ3) is 4.50. The predicted octanol–water partition coefficient (Wildman–Crippen LogP) is 7.68. The summed E-state index contributed by atoms with van der Waals surface area (Å²) in [6.45, 7) is 23.3. The summed E-state index contributed by atoms with van der Waals surface area (Å²) < 4.78 is 15.0. The first-order valence-corrected chi connectivity index (χ1v) is 17.8. The van der Waals surface area contributed by atoms with E-state index < -0.39 is 19.5 Å². The fraction of sp³-hybridized carbons (Fsp3) is 0.727. The van der Waals surface area contributed by atoms with Crippen LogP contribution in [0.15, 0.2) is 24.3 Å². The highest BCUT2D eigenvalue weighted by Crippen LogP contribution is 2.57. The number of para-hydroxylation sites is 1. The Hall–Kier alpha value is -1.67. The maximum Gasteiger partial charge on any atom is 0.419 e. The molecule has 40 heavy (non-hydrogen) atoms. The third-order valence-electron chi connectivity index (χ3n) is 10.6. The molecule has 7 heteroatoms. The van der Waals surface area contributed by atoms with Crippen LogP contribution in [0.4, 0.5) is 4.79 Å². The molecule has 4 aliphatic heterocycles. The number of hydrogen-bond acceptors (Lipinski definition) is 5. The molecule has 3 saturated heterocycles.